The van der Waals surface area contributed by atoms with Crippen molar-refractivity contribution >= 4 is 17.8 Å². The highest BCUT2D eigenvalue weighted by Gasteiger charge is 2.19. The number of carboxylic acid groups (broad SMARTS) is 1. The summed E-state index contributed by atoms with van der Waals surface area (Å²) in [7, 11) is 1.36. The molecule has 2 unspecified atom stereocenters. The Kier molecular flexibility index (Phi) is 6.41. The number of carbonyl (C=O) groups excluding carboxylic acids is 2. The lowest BCUT2D eigenvalue weighted by Crippen LogP contribution is -2.47. The van der Waals surface area contributed by atoms with Gasteiger partial charge in [0, 0.05) is 13.7 Å². The van der Waals surface area contributed by atoms with E-state index in [4.69, 9.17) is 14.3 Å². The van der Waals surface area contributed by atoms with Crippen LogP contribution in [0.2, 0.25) is 0 Å². The van der Waals surface area contributed by atoms with E-state index in [-0.39, 0.29) is 18.7 Å². The molecule has 0 saturated carbocycles. The maximum Gasteiger partial charge on any atom is 0.306 e. The van der Waals surface area contributed by atoms with Gasteiger partial charge in [-0.05, 0) is 19.1 Å². The predicted molar refractivity (Wildman–Crippen MR) is 71.7 cm³/mol. The van der Waals surface area contributed by atoms with Crippen LogP contribution >= 0.6 is 0 Å². The fourth-order valence-corrected chi connectivity index (χ4v) is 1.54. The minimum atomic E-state index is -1.02. The molecule has 1 aromatic heterocycles. The quantitative estimate of drug-likeness (QED) is 0.622. The monoisotopic (exact) mass is 298 g/mol. The van der Waals surface area contributed by atoms with Gasteiger partial charge in [0.2, 0.25) is 5.91 Å². The van der Waals surface area contributed by atoms with Crippen LogP contribution in [0.1, 0.15) is 23.9 Å². The molecule has 1 heterocycles. The summed E-state index contributed by atoms with van der Waals surface area (Å²) in [5, 5.41) is 13.6. The standard InChI is InChI=1S/C13H18N2O6/c1-8(15-13(19)10-4-3-5-21-10)12(18)14-7-9(20-2)6-11(16)17/h3-5,8-9H,6-7H2,1-2H3,(H,14,18)(H,15,19)(H,16,17). The van der Waals surface area contributed by atoms with E-state index in [1.165, 1.54) is 26.4 Å². The van der Waals surface area contributed by atoms with Crippen molar-refractivity contribution in [3.8, 4) is 0 Å². The molecule has 0 radical (unpaired) electrons. The minimum absolute atomic E-state index is 0.0442. The number of ether oxygens (including phenoxy) is 1. The number of hydrogen-bond donors (Lipinski definition) is 3. The smallest absolute Gasteiger partial charge is 0.306 e. The third-order valence-electron chi connectivity index (χ3n) is 2.73. The lowest BCUT2D eigenvalue weighted by Gasteiger charge is -2.17. The molecular formula is C13H18N2O6. The second-order valence-corrected chi connectivity index (χ2v) is 4.37. The summed E-state index contributed by atoms with van der Waals surface area (Å²) in [5.74, 6) is -1.86. The SMILES string of the molecule is COC(CNC(=O)C(C)NC(=O)c1ccco1)CC(=O)O. The molecule has 0 aliphatic rings. The average molecular weight is 298 g/mol. The highest BCUT2D eigenvalue weighted by Crippen LogP contribution is 2.00. The second kappa shape index (κ2) is 8.05. The summed E-state index contributed by atoms with van der Waals surface area (Å²) in [6, 6.07) is 2.26. The van der Waals surface area contributed by atoms with E-state index >= 15 is 0 Å². The molecule has 0 aromatic carbocycles. The Hall–Kier alpha value is -2.35. The van der Waals surface area contributed by atoms with E-state index in [1.54, 1.807) is 6.07 Å². The van der Waals surface area contributed by atoms with Crippen molar-refractivity contribution in [2.24, 2.45) is 0 Å². The highest BCUT2D eigenvalue weighted by molar-refractivity contribution is 5.95. The maximum atomic E-state index is 11.8. The zero-order chi connectivity index (χ0) is 15.8. The van der Waals surface area contributed by atoms with Crippen LogP contribution in [0.15, 0.2) is 22.8 Å². The van der Waals surface area contributed by atoms with Crippen LogP contribution in [0, 0.1) is 0 Å². The second-order valence-electron chi connectivity index (χ2n) is 4.37. The molecule has 2 atom stereocenters. The van der Waals surface area contributed by atoms with Crippen molar-refractivity contribution in [2.45, 2.75) is 25.5 Å². The van der Waals surface area contributed by atoms with Crippen molar-refractivity contribution in [1.82, 2.24) is 10.6 Å². The molecule has 0 aliphatic heterocycles. The lowest BCUT2D eigenvalue weighted by molar-refractivity contribution is -0.140. The Morgan fingerprint density at radius 1 is 1.43 bits per heavy atom. The van der Waals surface area contributed by atoms with E-state index in [2.05, 4.69) is 10.6 Å². The van der Waals surface area contributed by atoms with Crippen LogP contribution in [0.25, 0.3) is 0 Å². The average Bonchev–Trinajstić information content (AvgIpc) is 2.96. The highest BCUT2D eigenvalue weighted by atomic mass is 16.5. The lowest BCUT2D eigenvalue weighted by atomic mass is 10.2. The number of nitrogens with one attached hydrogen (secondary N) is 2. The first-order valence-electron chi connectivity index (χ1n) is 6.30. The third-order valence-corrected chi connectivity index (χ3v) is 2.73. The number of carboxylic acids is 1. The van der Waals surface area contributed by atoms with Crippen LogP contribution in [0.5, 0.6) is 0 Å². The van der Waals surface area contributed by atoms with E-state index in [0.29, 0.717) is 0 Å². The van der Waals surface area contributed by atoms with Gasteiger partial charge in [0.1, 0.15) is 6.04 Å². The summed E-state index contributed by atoms with van der Waals surface area (Å²) >= 11 is 0. The van der Waals surface area contributed by atoms with E-state index in [9.17, 15) is 14.4 Å². The summed E-state index contributed by atoms with van der Waals surface area (Å²) in [6.07, 6.45) is 0.512. The Labute approximate surface area is 121 Å². The molecule has 1 rings (SSSR count). The normalized spacial score (nSPS) is 13.2. The first-order valence-corrected chi connectivity index (χ1v) is 6.30. The molecule has 0 aliphatic carbocycles. The molecule has 8 heteroatoms. The van der Waals surface area contributed by atoms with Crippen LogP contribution < -0.4 is 10.6 Å². The van der Waals surface area contributed by atoms with Gasteiger partial charge in [-0.3, -0.25) is 14.4 Å². The number of amides is 2. The molecule has 0 bridgehead atoms. The first kappa shape index (κ1) is 16.7. The molecule has 21 heavy (non-hydrogen) atoms. The van der Waals surface area contributed by atoms with Crippen LogP contribution in [0.4, 0.5) is 0 Å². The van der Waals surface area contributed by atoms with Gasteiger partial charge in [-0.2, -0.15) is 0 Å². The van der Waals surface area contributed by atoms with Crippen molar-refractivity contribution < 1.29 is 28.6 Å². The number of hydrogen-bond acceptors (Lipinski definition) is 5. The van der Waals surface area contributed by atoms with Crippen molar-refractivity contribution in [2.75, 3.05) is 13.7 Å². The van der Waals surface area contributed by atoms with Crippen molar-refractivity contribution in [3.63, 3.8) is 0 Å². The number of furan rings is 1. The zero-order valence-corrected chi connectivity index (χ0v) is 11.8. The van der Waals surface area contributed by atoms with Gasteiger partial charge in [-0.25, -0.2) is 0 Å². The summed E-state index contributed by atoms with van der Waals surface area (Å²) < 4.78 is 9.84. The Morgan fingerprint density at radius 3 is 2.67 bits per heavy atom. The first-order chi connectivity index (χ1) is 9.93. The molecule has 0 spiro atoms. The number of methoxy groups -OCH3 is 1. The van der Waals surface area contributed by atoms with Crippen LogP contribution in [0.3, 0.4) is 0 Å². The Bertz CT molecular complexity index is 485. The molecule has 116 valence electrons. The summed E-state index contributed by atoms with van der Waals surface area (Å²) in [5.41, 5.74) is 0. The number of aliphatic carboxylic acids is 1. The maximum absolute atomic E-state index is 11.8. The van der Waals surface area contributed by atoms with E-state index in [1.807, 2.05) is 0 Å². The summed E-state index contributed by atoms with van der Waals surface area (Å²) in [6.45, 7) is 1.55. The third kappa shape index (κ3) is 5.65. The Balaban J connectivity index is 2.40. The Morgan fingerprint density at radius 2 is 2.14 bits per heavy atom. The van der Waals surface area contributed by atoms with Gasteiger partial charge in [-0.15, -0.1) is 0 Å². The molecular weight excluding hydrogens is 280 g/mol. The van der Waals surface area contributed by atoms with E-state index < -0.39 is 29.9 Å². The molecule has 1 aromatic rings. The molecule has 0 saturated heterocycles. The van der Waals surface area contributed by atoms with Gasteiger partial charge in [0.15, 0.2) is 5.76 Å². The fraction of sp³-hybridized carbons (Fsp3) is 0.462. The molecule has 0 fully saturated rings. The van der Waals surface area contributed by atoms with Gasteiger partial charge < -0.3 is 24.9 Å². The topological polar surface area (TPSA) is 118 Å². The van der Waals surface area contributed by atoms with Crippen LogP contribution in [-0.2, 0) is 14.3 Å². The molecule has 8 nitrogen and oxygen atoms in total. The number of rotatable bonds is 8. The molecule has 3 N–H and O–H groups in total. The van der Waals surface area contributed by atoms with Crippen molar-refractivity contribution in [3.05, 3.63) is 24.2 Å². The van der Waals surface area contributed by atoms with Gasteiger partial charge in [0.05, 0.1) is 18.8 Å². The largest absolute Gasteiger partial charge is 0.481 e. The zero-order valence-electron chi connectivity index (χ0n) is 11.8. The van der Waals surface area contributed by atoms with Gasteiger partial charge in [0.25, 0.3) is 5.91 Å². The van der Waals surface area contributed by atoms with Gasteiger partial charge >= 0.3 is 5.97 Å². The minimum Gasteiger partial charge on any atom is -0.481 e. The van der Waals surface area contributed by atoms with Crippen molar-refractivity contribution in [1.29, 1.82) is 0 Å². The summed E-state index contributed by atoms with van der Waals surface area (Å²) in [4.78, 5) is 34.0. The molecule has 2 amide bonds. The predicted octanol–water partition coefficient (Wildman–Crippen LogP) is 0.00380. The fourth-order valence-electron chi connectivity index (χ4n) is 1.54. The number of carbonyl (C=O) groups is 3. The van der Waals surface area contributed by atoms with Crippen LogP contribution in [-0.4, -0.2) is 48.7 Å². The van der Waals surface area contributed by atoms with E-state index in [0.717, 1.165) is 0 Å². The van der Waals surface area contributed by atoms with Gasteiger partial charge in [-0.1, -0.05) is 0 Å².